The highest BCUT2D eigenvalue weighted by atomic mass is 32.2. The van der Waals surface area contributed by atoms with E-state index in [2.05, 4.69) is 19.4 Å². The molecule has 0 unspecified atom stereocenters. The Bertz CT molecular complexity index is 1220. The van der Waals surface area contributed by atoms with E-state index in [1.807, 2.05) is 0 Å². The van der Waals surface area contributed by atoms with Gasteiger partial charge in [-0.15, -0.1) is 0 Å². The molecular weight excluding hydrogens is 453 g/mol. The van der Waals surface area contributed by atoms with Gasteiger partial charge in [0.2, 0.25) is 21.1 Å². The Kier molecular flexibility index (Phi) is 6.71. The van der Waals surface area contributed by atoms with Gasteiger partial charge in [0.1, 0.15) is 17.5 Å². The van der Waals surface area contributed by atoms with Crippen molar-refractivity contribution in [1.29, 1.82) is 0 Å². The molecule has 1 heterocycles. The van der Waals surface area contributed by atoms with Crippen molar-refractivity contribution in [3.05, 3.63) is 65.5 Å². The minimum Gasteiger partial charge on any atom is -0.326 e. The molecule has 0 aliphatic heterocycles. The van der Waals surface area contributed by atoms with Crippen molar-refractivity contribution < 1.29 is 26.4 Å². The number of carbonyl (C=O) groups is 1. The lowest BCUT2D eigenvalue weighted by Gasteiger charge is -2.03. The van der Waals surface area contributed by atoms with Crippen molar-refractivity contribution in [3.8, 4) is 11.4 Å². The molecule has 2 N–H and O–H groups in total. The number of nitrogens with zero attached hydrogens (tertiary/aromatic N) is 2. The van der Waals surface area contributed by atoms with Crippen LogP contribution in [-0.2, 0) is 14.8 Å². The summed E-state index contributed by atoms with van der Waals surface area (Å²) in [5.74, 6) is -3.88. The summed E-state index contributed by atoms with van der Waals surface area (Å²) >= 11 is 0.816. The molecule has 0 fully saturated rings. The molecule has 162 valence electrons. The minimum atomic E-state index is -3.92. The summed E-state index contributed by atoms with van der Waals surface area (Å²) in [7, 11) is -3.92. The molecule has 0 radical (unpaired) electrons. The first-order chi connectivity index (χ1) is 14.6. The van der Waals surface area contributed by atoms with Crippen LogP contribution in [0.4, 0.5) is 24.0 Å². The maximum absolute atomic E-state index is 13.6. The Morgan fingerprint density at radius 2 is 1.77 bits per heavy atom. The van der Waals surface area contributed by atoms with Gasteiger partial charge in [-0.3, -0.25) is 9.52 Å². The fourth-order valence-electron chi connectivity index (χ4n) is 2.47. The highest BCUT2D eigenvalue weighted by Gasteiger charge is 2.14. The van der Waals surface area contributed by atoms with Crippen molar-refractivity contribution in [2.75, 3.05) is 15.8 Å². The zero-order chi connectivity index (χ0) is 22.6. The van der Waals surface area contributed by atoms with Crippen molar-refractivity contribution in [1.82, 2.24) is 9.36 Å². The van der Waals surface area contributed by atoms with Crippen LogP contribution in [0.1, 0.15) is 12.5 Å². The van der Waals surface area contributed by atoms with Gasteiger partial charge in [-0.2, -0.15) is 9.36 Å². The van der Waals surface area contributed by atoms with Crippen LogP contribution in [0.15, 0.2) is 42.5 Å². The zero-order valence-electron chi connectivity index (χ0n) is 15.9. The molecule has 0 aliphatic carbocycles. The Balaban J connectivity index is 1.66. The summed E-state index contributed by atoms with van der Waals surface area (Å²) < 4.78 is 70.8. The number of sulfonamides is 1. The molecule has 0 atom stereocenters. The van der Waals surface area contributed by atoms with Crippen molar-refractivity contribution >= 4 is 44.4 Å². The van der Waals surface area contributed by atoms with Crippen molar-refractivity contribution in [3.63, 3.8) is 0 Å². The van der Waals surface area contributed by atoms with Crippen LogP contribution < -0.4 is 10.0 Å². The Labute approximate surface area is 179 Å². The Hall–Kier alpha value is -3.25. The number of anilines is 2. The van der Waals surface area contributed by atoms with E-state index in [-0.39, 0.29) is 16.9 Å². The first-order valence-corrected chi connectivity index (χ1v) is 11.1. The first kappa shape index (κ1) is 22.4. The van der Waals surface area contributed by atoms with Crippen LogP contribution in [0.25, 0.3) is 17.5 Å². The molecule has 3 rings (SSSR count). The van der Waals surface area contributed by atoms with Crippen molar-refractivity contribution in [2.24, 2.45) is 0 Å². The van der Waals surface area contributed by atoms with Gasteiger partial charge in [-0.1, -0.05) is 12.2 Å². The molecule has 1 aromatic heterocycles. The van der Waals surface area contributed by atoms with Gasteiger partial charge in [0.05, 0.1) is 5.75 Å². The van der Waals surface area contributed by atoms with E-state index >= 15 is 0 Å². The van der Waals surface area contributed by atoms with E-state index in [0.29, 0.717) is 23.4 Å². The van der Waals surface area contributed by atoms with Gasteiger partial charge in [-0.25, -0.2) is 21.6 Å². The van der Waals surface area contributed by atoms with Gasteiger partial charge in [0.15, 0.2) is 5.82 Å². The third kappa shape index (κ3) is 6.12. The minimum absolute atomic E-state index is 0.00785. The smallest absolute Gasteiger partial charge is 0.238 e. The molecule has 0 saturated heterocycles. The van der Waals surface area contributed by atoms with Gasteiger partial charge in [0.25, 0.3) is 0 Å². The standard InChI is InChI=1S/C19H15F3N4O3S2/c1-11(27)23-14-6-4-12(5-7-14)18-24-19(30-25-18)26-31(28,29)8-2-3-15-16(21)9-13(20)10-17(15)22/h2-7,9-10H,8H2,1H3,(H,23,27)(H,24,25,26). The number of hydrogen-bond acceptors (Lipinski definition) is 6. The van der Waals surface area contributed by atoms with E-state index in [4.69, 9.17) is 0 Å². The predicted molar refractivity (Wildman–Crippen MR) is 112 cm³/mol. The molecule has 1 amide bonds. The van der Waals surface area contributed by atoms with Gasteiger partial charge < -0.3 is 5.32 Å². The molecule has 12 heteroatoms. The van der Waals surface area contributed by atoms with Gasteiger partial charge in [-0.05, 0) is 24.3 Å². The highest BCUT2D eigenvalue weighted by molar-refractivity contribution is 7.93. The maximum Gasteiger partial charge on any atom is 0.238 e. The number of benzene rings is 2. The highest BCUT2D eigenvalue weighted by Crippen LogP contribution is 2.23. The molecule has 2 aromatic carbocycles. The van der Waals surface area contributed by atoms with E-state index in [0.717, 1.165) is 23.7 Å². The fraction of sp³-hybridized carbons (Fsp3) is 0.105. The second kappa shape index (κ2) is 9.27. The van der Waals surface area contributed by atoms with Crippen LogP contribution in [-0.4, -0.2) is 29.4 Å². The lowest BCUT2D eigenvalue weighted by Crippen LogP contribution is -2.15. The quantitative estimate of drug-likeness (QED) is 0.545. The topological polar surface area (TPSA) is 101 Å². The van der Waals surface area contributed by atoms with Crippen LogP contribution >= 0.6 is 11.5 Å². The largest absolute Gasteiger partial charge is 0.326 e. The first-order valence-electron chi connectivity index (χ1n) is 8.66. The maximum atomic E-state index is 13.6. The summed E-state index contributed by atoms with van der Waals surface area (Å²) in [6, 6.07) is 7.64. The lowest BCUT2D eigenvalue weighted by molar-refractivity contribution is -0.114. The lowest BCUT2D eigenvalue weighted by atomic mass is 10.2. The zero-order valence-corrected chi connectivity index (χ0v) is 17.5. The monoisotopic (exact) mass is 468 g/mol. The molecule has 3 aromatic rings. The van der Waals surface area contributed by atoms with Crippen molar-refractivity contribution in [2.45, 2.75) is 6.92 Å². The number of rotatable bonds is 7. The number of aromatic nitrogens is 2. The third-order valence-corrected chi connectivity index (χ3v) is 5.67. The van der Waals surface area contributed by atoms with E-state index in [1.54, 1.807) is 24.3 Å². The predicted octanol–water partition coefficient (Wildman–Crippen LogP) is 4.04. The number of nitrogens with one attached hydrogen (secondary N) is 2. The second-order valence-corrected chi connectivity index (χ2v) is 8.77. The average Bonchev–Trinajstić information content (AvgIpc) is 3.11. The summed E-state index contributed by atoms with van der Waals surface area (Å²) in [6.07, 6.45) is 1.95. The molecule has 31 heavy (non-hydrogen) atoms. The van der Waals surface area contributed by atoms with Crippen LogP contribution in [0.5, 0.6) is 0 Å². The molecule has 0 saturated carbocycles. The summed E-state index contributed by atoms with van der Waals surface area (Å²) in [5.41, 5.74) is 0.656. The third-order valence-electron chi connectivity index (χ3n) is 3.78. The number of hydrogen-bond donors (Lipinski definition) is 2. The summed E-state index contributed by atoms with van der Waals surface area (Å²) in [6.45, 7) is 1.39. The molecule has 0 spiro atoms. The normalized spacial score (nSPS) is 11.6. The molecule has 7 nitrogen and oxygen atoms in total. The van der Waals surface area contributed by atoms with Gasteiger partial charge in [0, 0.05) is 47.4 Å². The van der Waals surface area contributed by atoms with Crippen LogP contribution in [0, 0.1) is 17.5 Å². The second-order valence-electron chi connectivity index (χ2n) is 6.25. The van der Waals surface area contributed by atoms with E-state index in [9.17, 15) is 26.4 Å². The number of amides is 1. The Morgan fingerprint density at radius 3 is 2.39 bits per heavy atom. The molecular formula is C19H15F3N4O3S2. The summed E-state index contributed by atoms with van der Waals surface area (Å²) in [4.78, 5) is 15.2. The molecule has 0 bridgehead atoms. The number of carbonyl (C=O) groups excluding carboxylic acids is 1. The summed E-state index contributed by atoms with van der Waals surface area (Å²) in [5, 5.41) is 2.63. The SMILES string of the molecule is CC(=O)Nc1ccc(-c2nsc(NS(=O)(=O)CC=Cc3c(F)cc(F)cc3F)n2)cc1. The van der Waals surface area contributed by atoms with Crippen LogP contribution in [0.2, 0.25) is 0 Å². The average molecular weight is 468 g/mol. The van der Waals surface area contributed by atoms with Gasteiger partial charge >= 0.3 is 0 Å². The number of halogens is 3. The fourth-order valence-corrected chi connectivity index (χ4v) is 4.19. The molecule has 0 aliphatic rings. The van der Waals surface area contributed by atoms with E-state index < -0.39 is 38.8 Å². The van der Waals surface area contributed by atoms with Crippen LogP contribution in [0.3, 0.4) is 0 Å². The Morgan fingerprint density at radius 1 is 1.13 bits per heavy atom. The van der Waals surface area contributed by atoms with E-state index in [1.165, 1.54) is 6.92 Å².